The minimum Gasteiger partial charge on any atom is -0.331 e. The molecule has 1 saturated heterocycles. The van der Waals surface area contributed by atoms with Crippen molar-refractivity contribution in [1.29, 1.82) is 0 Å². The van der Waals surface area contributed by atoms with Gasteiger partial charge in [-0.2, -0.15) is 0 Å². The molecular weight excluding hydrogens is 354 g/mol. The second-order valence-corrected chi connectivity index (χ2v) is 8.22. The van der Waals surface area contributed by atoms with Crippen LogP contribution >= 0.6 is 23.6 Å². The van der Waals surface area contributed by atoms with Crippen LogP contribution in [0.1, 0.15) is 51.4 Å². The van der Waals surface area contributed by atoms with Gasteiger partial charge in [-0.25, -0.2) is 4.98 Å². The van der Waals surface area contributed by atoms with Crippen molar-refractivity contribution in [2.24, 2.45) is 11.8 Å². The number of thiazole rings is 1. The highest BCUT2D eigenvalue weighted by atomic mass is 32.1. The van der Waals surface area contributed by atoms with Crippen LogP contribution in [0.2, 0.25) is 0 Å². The molecule has 2 atom stereocenters. The monoisotopic (exact) mass is 379 g/mol. The van der Waals surface area contributed by atoms with Crippen molar-refractivity contribution in [3.05, 3.63) is 11.6 Å². The highest BCUT2D eigenvalue weighted by molar-refractivity contribution is 7.79. The van der Waals surface area contributed by atoms with Gasteiger partial charge < -0.3 is 10.2 Å². The molecule has 1 aliphatic heterocycles. The highest BCUT2D eigenvalue weighted by Gasteiger charge is 2.35. The molecule has 2 fully saturated rings. The van der Waals surface area contributed by atoms with Gasteiger partial charge in [0.25, 0.3) is 0 Å². The fourth-order valence-corrected chi connectivity index (χ4v) is 4.67. The third-order valence-corrected chi connectivity index (χ3v) is 6.39. The van der Waals surface area contributed by atoms with E-state index in [1.807, 2.05) is 5.38 Å². The molecule has 1 aromatic heterocycles. The number of likely N-dealkylation sites (tertiary alicyclic amines) is 1. The first-order valence-corrected chi connectivity index (χ1v) is 10.5. The fraction of sp³-hybridized carbons (Fsp3) is 0.667. The SMILES string of the molecule is O=C(Nc1nccs1)[C@H](CC1CCCCC1)N1CCC(C=S)CC1=O. The van der Waals surface area contributed by atoms with E-state index >= 15 is 0 Å². The first-order valence-electron chi connectivity index (χ1n) is 9.12. The minimum absolute atomic E-state index is 0.0486. The van der Waals surface area contributed by atoms with Crippen molar-refractivity contribution < 1.29 is 9.59 Å². The average molecular weight is 380 g/mol. The summed E-state index contributed by atoms with van der Waals surface area (Å²) in [6, 6.07) is -0.398. The van der Waals surface area contributed by atoms with Gasteiger partial charge in [0, 0.05) is 24.5 Å². The maximum Gasteiger partial charge on any atom is 0.248 e. The summed E-state index contributed by atoms with van der Waals surface area (Å²) in [6.07, 6.45) is 9.76. The average Bonchev–Trinajstić information content (AvgIpc) is 3.13. The molecule has 2 aliphatic rings. The number of nitrogens with zero attached hydrogens (tertiary/aromatic N) is 2. The first kappa shape index (κ1) is 18.5. The van der Waals surface area contributed by atoms with Crippen LogP contribution in [0.15, 0.2) is 11.6 Å². The number of amides is 2. The maximum absolute atomic E-state index is 12.9. The topological polar surface area (TPSA) is 62.3 Å². The van der Waals surface area contributed by atoms with Crippen molar-refractivity contribution in [3.63, 3.8) is 0 Å². The van der Waals surface area contributed by atoms with Crippen molar-refractivity contribution in [2.75, 3.05) is 11.9 Å². The second kappa shape index (κ2) is 8.85. The van der Waals surface area contributed by atoms with Crippen LogP contribution in [0.4, 0.5) is 5.13 Å². The number of anilines is 1. The third-order valence-electron chi connectivity index (χ3n) is 5.31. The van der Waals surface area contributed by atoms with Crippen LogP contribution in [-0.2, 0) is 9.59 Å². The van der Waals surface area contributed by atoms with Crippen LogP contribution in [0.5, 0.6) is 0 Å². The Kier molecular flexibility index (Phi) is 6.53. The van der Waals surface area contributed by atoms with Gasteiger partial charge in [0.05, 0.1) is 0 Å². The highest BCUT2D eigenvalue weighted by Crippen LogP contribution is 2.31. The van der Waals surface area contributed by atoms with Crippen molar-refractivity contribution >= 4 is 45.9 Å². The van der Waals surface area contributed by atoms with Crippen LogP contribution in [-0.4, -0.2) is 39.7 Å². The Morgan fingerprint density at radius 2 is 2.20 bits per heavy atom. The molecule has 2 amide bonds. The molecule has 7 heteroatoms. The smallest absolute Gasteiger partial charge is 0.248 e. The van der Waals surface area contributed by atoms with Gasteiger partial charge in [-0.3, -0.25) is 9.59 Å². The zero-order valence-corrected chi connectivity index (χ0v) is 16.0. The molecule has 25 heavy (non-hydrogen) atoms. The number of thiocarbonyl (C=S) groups is 1. The first-order chi connectivity index (χ1) is 12.2. The lowest BCUT2D eigenvalue weighted by Crippen LogP contribution is -2.51. The number of carbonyl (C=O) groups excluding carboxylic acids is 2. The normalized spacial score (nSPS) is 23.3. The van der Waals surface area contributed by atoms with Gasteiger partial charge in [0.1, 0.15) is 6.04 Å². The molecule has 1 unspecified atom stereocenters. The standard InChI is InChI=1S/C18H25N3O2S2/c22-16-11-14(12-24)6-8-21(16)15(10-13-4-2-1-3-5-13)17(23)20-18-19-7-9-25-18/h7,9,12-15H,1-6,8,10-11H2,(H,19,20,23)/t14?,15-/m0/s1. The number of hydrogen-bond acceptors (Lipinski definition) is 5. The second-order valence-electron chi connectivity index (χ2n) is 7.06. The molecule has 1 N–H and O–H groups in total. The Morgan fingerprint density at radius 3 is 2.84 bits per heavy atom. The predicted molar refractivity (Wildman–Crippen MR) is 104 cm³/mol. The van der Waals surface area contributed by atoms with Crippen LogP contribution in [0, 0.1) is 11.8 Å². The van der Waals surface area contributed by atoms with E-state index in [9.17, 15) is 9.59 Å². The Balaban J connectivity index is 1.72. The summed E-state index contributed by atoms with van der Waals surface area (Å²) in [5.74, 6) is 0.634. The molecule has 3 rings (SSSR count). The molecule has 0 bridgehead atoms. The fourth-order valence-electron chi connectivity index (χ4n) is 3.91. The Hall–Kier alpha value is -1.34. The lowest BCUT2D eigenvalue weighted by atomic mass is 9.83. The maximum atomic E-state index is 12.9. The van der Waals surface area contributed by atoms with Gasteiger partial charge in [0.2, 0.25) is 11.8 Å². The van der Waals surface area contributed by atoms with Gasteiger partial charge >= 0.3 is 0 Å². The molecule has 5 nitrogen and oxygen atoms in total. The molecule has 1 aliphatic carbocycles. The zero-order valence-electron chi connectivity index (χ0n) is 14.4. The summed E-state index contributed by atoms with van der Waals surface area (Å²) in [6.45, 7) is 0.610. The van der Waals surface area contributed by atoms with E-state index in [4.69, 9.17) is 12.2 Å². The number of piperidine rings is 1. The lowest BCUT2D eigenvalue weighted by Gasteiger charge is -2.37. The number of nitrogens with one attached hydrogen (secondary N) is 1. The van der Waals surface area contributed by atoms with Crippen molar-refractivity contribution in [3.8, 4) is 0 Å². The van der Waals surface area contributed by atoms with E-state index in [0.717, 1.165) is 25.7 Å². The molecule has 1 aromatic rings. The van der Waals surface area contributed by atoms with E-state index in [2.05, 4.69) is 10.3 Å². The summed E-state index contributed by atoms with van der Waals surface area (Å²) < 4.78 is 0. The van der Waals surface area contributed by atoms with Crippen molar-refractivity contribution in [1.82, 2.24) is 9.88 Å². The summed E-state index contributed by atoms with van der Waals surface area (Å²) in [5.41, 5.74) is 0. The van der Waals surface area contributed by atoms with E-state index in [0.29, 0.717) is 24.0 Å². The van der Waals surface area contributed by atoms with Gasteiger partial charge in [-0.15, -0.1) is 11.3 Å². The largest absolute Gasteiger partial charge is 0.331 e. The number of carbonyl (C=O) groups is 2. The Labute approximate surface area is 158 Å². The number of hydrogen-bond donors (Lipinski definition) is 1. The van der Waals surface area contributed by atoms with E-state index < -0.39 is 6.04 Å². The predicted octanol–water partition coefficient (Wildman–Crippen LogP) is 3.66. The van der Waals surface area contributed by atoms with E-state index in [1.165, 1.54) is 30.6 Å². The summed E-state index contributed by atoms with van der Waals surface area (Å²) in [5, 5.41) is 7.03. The third kappa shape index (κ3) is 4.85. The van der Waals surface area contributed by atoms with Crippen molar-refractivity contribution in [2.45, 2.75) is 57.4 Å². The molecule has 2 heterocycles. The van der Waals surface area contributed by atoms with Crippen LogP contribution in [0.3, 0.4) is 0 Å². The molecular formula is C18H25N3O2S2. The molecule has 0 spiro atoms. The Bertz CT molecular complexity index is 599. The minimum atomic E-state index is -0.398. The zero-order chi connectivity index (χ0) is 17.6. The number of aromatic nitrogens is 1. The van der Waals surface area contributed by atoms with Crippen LogP contribution < -0.4 is 5.32 Å². The molecule has 0 radical (unpaired) electrons. The van der Waals surface area contributed by atoms with Gasteiger partial charge in [-0.1, -0.05) is 44.3 Å². The van der Waals surface area contributed by atoms with Gasteiger partial charge in [-0.05, 0) is 30.0 Å². The molecule has 136 valence electrons. The summed E-state index contributed by atoms with van der Waals surface area (Å²) in [7, 11) is 0. The van der Waals surface area contributed by atoms with E-state index in [1.54, 1.807) is 16.5 Å². The van der Waals surface area contributed by atoms with Gasteiger partial charge in [0.15, 0.2) is 5.13 Å². The quantitative estimate of drug-likeness (QED) is 0.766. The number of rotatable bonds is 6. The lowest BCUT2D eigenvalue weighted by molar-refractivity contribution is -0.142. The Morgan fingerprint density at radius 1 is 1.40 bits per heavy atom. The van der Waals surface area contributed by atoms with E-state index in [-0.39, 0.29) is 17.7 Å². The summed E-state index contributed by atoms with van der Waals surface area (Å²) in [4.78, 5) is 31.5. The molecule has 1 saturated carbocycles. The summed E-state index contributed by atoms with van der Waals surface area (Å²) >= 11 is 6.41. The molecule has 0 aromatic carbocycles. The van der Waals surface area contributed by atoms with Crippen LogP contribution in [0.25, 0.3) is 0 Å².